The van der Waals surface area contributed by atoms with E-state index in [-0.39, 0.29) is 11.3 Å². The first-order valence-corrected chi connectivity index (χ1v) is 8.40. The minimum atomic E-state index is -2.97. The standard InChI is InChI=1S/C14H18N2O2S/c1-19(17,18)13-7-4-6-12(9-13)16-14-8-3-2-5-11(14)10-15/h2-3,5,8,12-13,16H,4,6-7,9H2,1H3. The number of nitrogens with one attached hydrogen (secondary N) is 1. The van der Waals surface area contributed by atoms with Crippen molar-refractivity contribution in [3.8, 4) is 6.07 Å². The van der Waals surface area contributed by atoms with Gasteiger partial charge in [0.25, 0.3) is 0 Å². The van der Waals surface area contributed by atoms with E-state index < -0.39 is 9.84 Å². The third kappa shape index (κ3) is 3.48. The van der Waals surface area contributed by atoms with Crippen LogP contribution in [0.3, 0.4) is 0 Å². The van der Waals surface area contributed by atoms with E-state index in [1.54, 1.807) is 6.07 Å². The van der Waals surface area contributed by atoms with Crippen LogP contribution in [-0.4, -0.2) is 26.0 Å². The lowest BCUT2D eigenvalue weighted by molar-refractivity contribution is 0.453. The molecule has 2 atom stereocenters. The second-order valence-corrected chi connectivity index (χ2v) is 7.44. The Hall–Kier alpha value is -1.54. The number of hydrogen-bond donors (Lipinski definition) is 1. The van der Waals surface area contributed by atoms with Crippen LogP contribution in [0.25, 0.3) is 0 Å². The molecule has 19 heavy (non-hydrogen) atoms. The third-order valence-electron chi connectivity index (χ3n) is 3.64. The molecule has 102 valence electrons. The fourth-order valence-electron chi connectivity index (χ4n) is 2.59. The van der Waals surface area contributed by atoms with Crippen LogP contribution in [0, 0.1) is 11.3 Å². The average Bonchev–Trinajstić information content (AvgIpc) is 2.39. The molecule has 2 unspecified atom stereocenters. The van der Waals surface area contributed by atoms with Gasteiger partial charge in [-0.05, 0) is 31.4 Å². The lowest BCUT2D eigenvalue weighted by atomic mass is 9.94. The van der Waals surface area contributed by atoms with Crippen molar-refractivity contribution in [2.45, 2.75) is 37.0 Å². The lowest BCUT2D eigenvalue weighted by Crippen LogP contribution is -2.34. The Balaban J connectivity index is 2.09. The Morgan fingerprint density at radius 3 is 2.74 bits per heavy atom. The van der Waals surface area contributed by atoms with Gasteiger partial charge in [-0.2, -0.15) is 5.26 Å². The Bertz CT molecular complexity index is 590. The van der Waals surface area contributed by atoms with Gasteiger partial charge in [-0.1, -0.05) is 18.6 Å². The van der Waals surface area contributed by atoms with Crippen LogP contribution in [0.4, 0.5) is 5.69 Å². The molecule has 2 rings (SSSR count). The molecule has 1 N–H and O–H groups in total. The van der Waals surface area contributed by atoms with Crippen LogP contribution >= 0.6 is 0 Å². The summed E-state index contributed by atoms with van der Waals surface area (Å²) in [6, 6.07) is 9.60. The van der Waals surface area contributed by atoms with Crippen LogP contribution in [-0.2, 0) is 9.84 Å². The predicted molar refractivity (Wildman–Crippen MR) is 75.7 cm³/mol. The Morgan fingerprint density at radius 1 is 1.32 bits per heavy atom. The normalized spacial score (nSPS) is 23.6. The quantitative estimate of drug-likeness (QED) is 0.921. The number of benzene rings is 1. The van der Waals surface area contributed by atoms with E-state index in [9.17, 15) is 8.42 Å². The van der Waals surface area contributed by atoms with E-state index in [1.807, 2.05) is 18.2 Å². The van der Waals surface area contributed by atoms with Crippen molar-refractivity contribution in [2.75, 3.05) is 11.6 Å². The van der Waals surface area contributed by atoms with Crippen LogP contribution in [0.2, 0.25) is 0 Å². The highest BCUT2D eigenvalue weighted by atomic mass is 32.2. The van der Waals surface area contributed by atoms with Crippen molar-refractivity contribution in [1.82, 2.24) is 0 Å². The van der Waals surface area contributed by atoms with Gasteiger partial charge in [0.1, 0.15) is 15.9 Å². The van der Waals surface area contributed by atoms with Crippen molar-refractivity contribution < 1.29 is 8.42 Å². The SMILES string of the molecule is CS(=O)(=O)C1CCCC(Nc2ccccc2C#N)C1. The van der Waals surface area contributed by atoms with Gasteiger partial charge in [-0.3, -0.25) is 0 Å². The molecule has 1 aliphatic rings. The van der Waals surface area contributed by atoms with E-state index in [2.05, 4.69) is 11.4 Å². The summed E-state index contributed by atoms with van der Waals surface area (Å²) in [6.45, 7) is 0. The summed E-state index contributed by atoms with van der Waals surface area (Å²) >= 11 is 0. The molecule has 1 fully saturated rings. The Kier molecular flexibility index (Phi) is 4.11. The van der Waals surface area contributed by atoms with E-state index >= 15 is 0 Å². The first-order valence-electron chi connectivity index (χ1n) is 6.45. The van der Waals surface area contributed by atoms with Gasteiger partial charge in [-0.15, -0.1) is 0 Å². The van der Waals surface area contributed by atoms with E-state index in [1.165, 1.54) is 6.26 Å². The number of anilines is 1. The molecule has 1 aromatic rings. The molecule has 4 nitrogen and oxygen atoms in total. The molecule has 0 aliphatic heterocycles. The minimum absolute atomic E-state index is 0.128. The van der Waals surface area contributed by atoms with Crippen LogP contribution in [0.15, 0.2) is 24.3 Å². The number of hydrogen-bond acceptors (Lipinski definition) is 4. The van der Waals surface area contributed by atoms with Crippen molar-refractivity contribution >= 4 is 15.5 Å². The van der Waals surface area contributed by atoms with E-state index in [0.29, 0.717) is 12.0 Å². The highest BCUT2D eigenvalue weighted by Gasteiger charge is 2.28. The molecule has 0 spiro atoms. The second-order valence-electron chi connectivity index (χ2n) is 5.12. The van der Waals surface area contributed by atoms with Gasteiger partial charge in [0.2, 0.25) is 0 Å². The molecular weight excluding hydrogens is 260 g/mol. The molecule has 0 bridgehead atoms. The fourth-order valence-corrected chi connectivity index (χ4v) is 3.77. The van der Waals surface area contributed by atoms with Gasteiger partial charge in [0.05, 0.1) is 16.5 Å². The van der Waals surface area contributed by atoms with E-state index in [0.717, 1.165) is 24.9 Å². The maximum Gasteiger partial charge on any atom is 0.150 e. The Labute approximate surface area is 114 Å². The van der Waals surface area contributed by atoms with Crippen molar-refractivity contribution in [1.29, 1.82) is 5.26 Å². The van der Waals surface area contributed by atoms with Crippen LogP contribution in [0.1, 0.15) is 31.2 Å². The third-order valence-corrected chi connectivity index (χ3v) is 5.28. The molecule has 5 heteroatoms. The summed E-state index contributed by atoms with van der Waals surface area (Å²) in [7, 11) is -2.97. The minimum Gasteiger partial charge on any atom is -0.381 e. The molecule has 1 aromatic carbocycles. The van der Waals surface area contributed by atoms with Crippen LogP contribution in [0.5, 0.6) is 0 Å². The fraction of sp³-hybridized carbons (Fsp3) is 0.500. The van der Waals surface area contributed by atoms with Crippen molar-refractivity contribution in [3.63, 3.8) is 0 Å². The van der Waals surface area contributed by atoms with Crippen molar-refractivity contribution in [3.05, 3.63) is 29.8 Å². The number of nitriles is 1. The zero-order valence-corrected chi connectivity index (χ0v) is 11.8. The molecule has 0 heterocycles. The molecule has 1 saturated carbocycles. The maximum atomic E-state index is 11.6. The number of nitrogens with zero attached hydrogens (tertiary/aromatic N) is 1. The number of sulfone groups is 1. The summed E-state index contributed by atoms with van der Waals surface area (Å²) in [4.78, 5) is 0. The topological polar surface area (TPSA) is 70.0 Å². The maximum absolute atomic E-state index is 11.6. The highest BCUT2D eigenvalue weighted by molar-refractivity contribution is 7.91. The lowest BCUT2D eigenvalue weighted by Gasteiger charge is -2.29. The smallest absolute Gasteiger partial charge is 0.150 e. The summed E-state index contributed by atoms with van der Waals surface area (Å²) in [5.74, 6) is 0. The molecule has 0 radical (unpaired) electrons. The molecular formula is C14H18N2O2S. The van der Waals surface area contributed by atoms with Gasteiger partial charge in [0, 0.05) is 12.3 Å². The zero-order valence-electron chi connectivity index (χ0n) is 11.0. The molecule has 1 aliphatic carbocycles. The molecule has 0 amide bonds. The summed E-state index contributed by atoms with van der Waals surface area (Å²) < 4.78 is 23.3. The first-order chi connectivity index (χ1) is 9.00. The first kappa shape index (κ1) is 13.9. The van der Waals surface area contributed by atoms with E-state index in [4.69, 9.17) is 5.26 Å². The van der Waals surface area contributed by atoms with Gasteiger partial charge >= 0.3 is 0 Å². The van der Waals surface area contributed by atoms with Crippen molar-refractivity contribution in [2.24, 2.45) is 0 Å². The number of rotatable bonds is 3. The molecule has 0 saturated heterocycles. The number of para-hydroxylation sites is 1. The highest BCUT2D eigenvalue weighted by Crippen LogP contribution is 2.27. The van der Waals surface area contributed by atoms with Gasteiger partial charge in [0.15, 0.2) is 0 Å². The summed E-state index contributed by atoms with van der Waals surface area (Å²) in [5, 5.41) is 12.1. The second kappa shape index (κ2) is 5.62. The average molecular weight is 278 g/mol. The largest absolute Gasteiger partial charge is 0.381 e. The van der Waals surface area contributed by atoms with Crippen LogP contribution < -0.4 is 5.32 Å². The molecule has 0 aromatic heterocycles. The summed E-state index contributed by atoms with van der Waals surface area (Å²) in [5.41, 5.74) is 1.40. The summed E-state index contributed by atoms with van der Waals surface area (Å²) in [6.07, 6.45) is 4.54. The van der Waals surface area contributed by atoms with Gasteiger partial charge < -0.3 is 5.32 Å². The monoisotopic (exact) mass is 278 g/mol. The Morgan fingerprint density at radius 2 is 2.05 bits per heavy atom. The predicted octanol–water partition coefficient (Wildman–Crippen LogP) is 2.33. The van der Waals surface area contributed by atoms with Gasteiger partial charge in [-0.25, -0.2) is 8.42 Å². The zero-order chi connectivity index (χ0) is 13.9.